The van der Waals surface area contributed by atoms with Crippen molar-refractivity contribution in [1.82, 2.24) is 9.55 Å². The largest absolute Gasteiger partial charge is 0.292 e. The van der Waals surface area contributed by atoms with Crippen LogP contribution in [0.1, 0.15) is 17.8 Å². The first-order valence-electron chi connectivity index (χ1n) is 21.5. The van der Waals surface area contributed by atoms with Crippen molar-refractivity contribution in [3.8, 4) is 50.5 Å². The van der Waals surface area contributed by atoms with Crippen molar-refractivity contribution >= 4 is 32.6 Å². The average Bonchev–Trinajstić information content (AvgIpc) is 3.67. The molecular weight excluding hydrogens is 569 g/mol. The number of rotatable bonds is 5. The first-order chi connectivity index (χ1) is 28.7. The summed E-state index contributed by atoms with van der Waals surface area (Å²) < 4.78 is 118. The number of hydrogen-bond acceptors (Lipinski definition) is 1. The van der Waals surface area contributed by atoms with Crippen LogP contribution in [-0.2, 0) is 0 Å². The molecule has 0 bridgehead atoms. The third-order valence-corrected chi connectivity index (χ3v) is 8.33. The molecule has 2 heteroatoms. The Balaban J connectivity index is 1.47. The molecule has 0 amide bonds. The second kappa shape index (κ2) is 11.3. The van der Waals surface area contributed by atoms with E-state index in [1.54, 1.807) is 36.4 Å². The van der Waals surface area contributed by atoms with Gasteiger partial charge in [-0.05, 0) is 85.3 Å². The van der Waals surface area contributed by atoms with Crippen LogP contribution in [0.5, 0.6) is 0 Å². The van der Waals surface area contributed by atoms with E-state index in [0.29, 0.717) is 17.0 Å². The van der Waals surface area contributed by atoms with Gasteiger partial charge in [0.25, 0.3) is 0 Å². The molecule has 0 unspecified atom stereocenters. The third kappa shape index (κ3) is 4.54. The van der Waals surface area contributed by atoms with Gasteiger partial charge in [0.2, 0.25) is 0 Å². The normalized spacial score (nSPS) is 15.3. The maximum Gasteiger partial charge on any atom is 0.145 e. The zero-order valence-electron chi connectivity index (χ0n) is 37.7. The van der Waals surface area contributed by atoms with E-state index in [1.807, 2.05) is 65.2 Å². The first kappa shape index (κ1) is 16.9. The quantitative estimate of drug-likeness (QED) is 0.177. The number of hydrogen-bond donors (Lipinski definition) is 0. The molecule has 8 aromatic carbocycles. The number of para-hydroxylation sites is 3. The van der Waals surface area contributed by atoms with Crippen molar-refractivity contribution in [3.63, 3.8) is 0 Å². The minimum Gasteiger partial charge on any atom is -0.292 e. The van der Waals surface area contributed by atoms with Gasteiger partial charge >= 0.3 is 0 Å². The molecule has 220 valence electrons. The fourth-order valence-electron chi connectivity index (χ4n) is 6.36. The Morgan fingerprint density at radius 3 is 1.74 bits per heavy atom. The van der Waals surface area contributed by atoms with Gasteiger partial charge in [-0.3, -0.25) is 4.57 Å². The highest BCUT2D eigenvalue weighted by molar-refractivity contribution is 6.22. The van der Waals surface area contributed by atoms with Crippen molar-refractivity contribution in [2.45, 2.75) is 0 Å². The minimum absolute atomic E-state index is 0.00724. The number of aromatic nitrogens is 2. The molecular formula is C45H30N2. The molecule has 0 N–H and O–H groups in total. The highest BCUT2D eigenvalue weighted by Gasteiger charge is 2.20. The van der Waals surface area contributed by atoms with Crippen molar-refractivity contribution in [2.75, 3.05) is 0 Å². The van der Waals surface area contributed by atoms with Gasteiger partial charge < -0.3 is 0 Å². The molecule has 9 rings (SSSR count). The molecule has 0 saturated heterocycles. The predicted octanol–water partition coefficient (Wildman–Crippen LogP) is 12.0. The molecule has 0 fully saturated rings. The van der Waals surface area contributed by atoms with E-state index >= 15 is 0 Å². The Bertz CT molecular complexity index is 3200. The van der Waals surface area contributed by atoms with E-state index < -0.39 is 78.6 Å². The molecule has 0 aliphatic heterocycles. The summed E-state index contributed by atoms with van der Waals surface area (Å²) in [5, 5.41) is -0.207. The molecule has 47 heavy (non-hydrogen) atoms. The van der Waals surface area contributed by atoms with E-state index in [0.717, 1.165) is 16.7 Å². The van der Waals surface area contributed by atoms with Crippen LogP contribution >= 0.6 is 0 Å². The van der Waals surface area contributed by atoms with Crippen molar-refractivity contribution in [1.29, 1.82) is 0 Å². The SMILES string of the molecule is [2H]c1c([2H])c([2H])c(-c2ccccc2-c2c3c([2H])c([2H])c([2H])c([2H])c3c(-c3cccc(-c4nc5ccccc5n4-c4ccccc4)c3)c3c([2H])c([2H])c([2H])c([2H])c23)c([2H])c1[2H]. The zero-order valence-corrected chi connectivity index (χ0v) is 24.7. The van der Waals surface area contributed by atoms with Crippen molar-refractivity contribution in [2.24, 2.45) is 0 Å². The summed E-state index contributed by atoms with van der Waals surface area (Å²) in [6, 6.07) is 23.7. The molecule has 2 nitrogen and oxygen atoms in total. The van der Waals surface area contributed by atoms with Gasteiger partial charge in [0, 0.05) is 11.3 Å². The highest BCUT2D eigenvalue weighted by atomic mass is 15.1. The highest BCUT2D eigenvalue weighted by Crippen LogP contribution is 2.46. The van der Waals surface area contributed by atoms with Crippen molar-refractivity contribution < 1.29 is 17.8 Å². The van der Waals surface area contributed by atoms with E-state index in [2.05, 4.69) is 0 Å². The maximum atomic E-state index is 9.44. The minimum atomic E-state index is -0.601. The fourth-order valence-corrected chi connectivity index (χ4v) is 6.36. The summed E-state index contributed by atoms with van der Waals surface area (Å²) in [7, 11) is 0. The molecule has 0 spiro atoms. The third-order valence-electron chi connectivity index (χ3n) is 8.33. The second-order valence-corrected chi connectivity index (χ2v) is 11.0. The van der Waals surface area contributed by atoms with Crippen LogP contribution in [0.15, 0.2) is 182 Å². The number of fused-ring (bicyclic) bond motifs is 3. The van der Waals surface area contributed by atoms with Gasteiger partial charge in [-0.2, -0.15) is 0 Å². The Hall–Kier alpha value is -6.25. The molecule has 0 atom stereocenters. The van der Waals surface area contributed by atoms with E-state index in [1.165, 1.54) is 6.07 Å². The van der Waals surface area contributed by atoms with Gasteiger partial charge in [0.05, 0.1) is 28.9 Å². The molecule has 1 aromatic heterocycles. The summed E-state index contributed by atoms with van der Waals surface area (Å²) in [5.41, 5.74) is 3.59. The van der Waals surface area contributed by atoms with Gasteiger partial charge in [-0.15, -0.1) is 0 Å². The van der Waals surface area contributed by atoms with Crippen molar-refractivity contribution in [3.05, 3.63) is 182 Å². The van der Waals surface area contributed by atoms with Crippen LogP contribution in [-0.4, -0.2) is 9.55 Å². The Morgan fingerprint density at radius 1 is 0.447 bits per heavy atom. The van der Waals surface area contributed by atoms with Crippen LogP contribution in [0.2, 0.25) is 0 Å². The van der Waals surface area contributed by atoms with Crippen LogP contribution in [0, 0.1) is 0 Å². The van der Waals surface area contributed by atoms with Crippen LogP contribution in [0.4, 0.5) is 0 Å². The Kier molecular flexibility index (Phi) is 4.05. The summed E-state index contributed by atoms with van der Waals surface area (Å²) in [4.78, 5) is 5.01. The van der Waals surface area contributed by atoms with Crippen LogP contribution < -0.4 is 0 Å². The summed E-state index contributed by atoms with van der Waals surface area (Å²) in [6.07, 6.45) is 0. The van der Waals surface area contributed by atoms with E-state index in [-0.39, 0.29) is 49.4 Å². The lowest BCUT2D eigenvalue weighted by molar-refractivity contribution is 1.10. The average molecular weight is 612 g/mol. The molecule has 0 aliphatic rings. The Morgan fingerprint density at radius 2 is 1.02 bits per heavy atom. The lowest BCUT2D eigenvalue weighted by Gasteiger charge is -2.20. The predicted molar refractivity (Wildman–Crippen MR) is 198 cm³/mol. The van der Waals surface area contributed by atoms with Gasteiger partial charge in [0.15, 0.2) is 0 Å². The smallest absolute Gasteiger partial charge is 0.145 e. The topological polar surface area (TPSA) is 17.8 Å². The molecule has 1 heterocycles. The Labute approximate surface area is 292 Å². The van der Waals surface area contributed by atoms with Gasteiger partial charge in [0.1, 0.15) is 5.82 Å². The van der Waals surface area contributed by atoms with Crippen LogP contribution in [0.3, 0.4) is 0 Å². The first-order valence-corrected chi connectivity index (χ1v) is 15.0. The summed E-state index contributed by atoms with van der Waals surface area (Å²) in [6.45, 7) is 0. The summed E-state index contributed by atoms with van der Waals surface area (Å²) >= 11 is 0. The number of benzene rings is 8. The van der Waals surface area contributed by atoms with Gasteiger partial charge in [-0.1, -0.05) is 151 Å². The maximum absolute atomic E-state index is 9.44. The summed E-state index contributed by atoms with van der Waals surface area (Å²) in [5.74, 6) is 0.561. The fraction of sp³-hybridized carbons (Fsp3) is 0. The standard InChI is InChI=1S/C45H30N2/c1-3-16-31(17-4-1)35-22-7-8-23-36(35)44-39-26-11-9-24-37(39)43(38-25-10-12-27-40(38)44)32-18-15-19-33(30-32)45-46-41-28-13-14-29-42(41)47(45)34-20-5-2-6-21-34/h1-30H/i1D,3D,4D,9D,10D,11D,12D,16D,17D,24D,25D,26D,27D. The molecule has 0 saturated carbocycles. The van der Waals surface area contributed by atoms with E-state index in [4.69, 9.17) is 17.3 Å². The second-order valence-electron chi connectivity index (χ2n) is 11.0. The monoisotopic (exact) mass is 611 g/mol. The molecule has 0 radical (unpaired) electrons. The van der Waals surface area contributed by atoms with Gasteiger partial charge in [-0.25, -0.2) is 4.98 Å². The van der Waals surface area contributed by atoms with E-state index in [9.17, 15) is 5.48 Å². The zero-order chi connectivity index (χ0) is 42.5. The van der Waals surface area contributed by atoms with Crippen LogP contribution in [0.25, 0.3) is 83.0 Å². The molecule has 9 aromatic rings. The lowest BCUT2D eigenvalue weighted by Crippen LogP contribution is -1.97. The number of imidazole rings is 1. The molecule has 0 aliphatic carbocycles. The number of nitrogens with zero attached hydrogens (tertiary/aromatic N) is 2. The lowest BCUT2D eigenvalue weighted by atomic mass is 9.83.